The molecule has 6 nitrogen and oxygen atoms in total. The lowest BCUT2D eigenvalue weighted by molar-refractivity contribution is 0.414. The highest BCUT2D eigenvalue weighted by atomic mass is 127. The van der Waals surface area contributed by atoms with E-state index >= 15 is 0 Å². The Bertz CT molecular complexity index is 1320. The van der Waals surface area contributed by atoms with Gasteiger partial charge in [-0.15, -0.1) is 0 Å². The van der Waals surface area contributed by atoms with Crippen LogP contribution in [-0.4, -0.2) is 33.7 Å². The average molecular weight is 572 g/mol. The van der Waals surface area contributed by atoms with E-state index in [0.717, 1.165) is 54.0 Å². The fraction of sp³-hybridized carbons (Fsp3) is 0.280. The fourth-order valence-corrected chi connectivity index (χ4v) is 6.01. The number of benzene rings is 1. The first kappa shape index (κ1) is 22.3. The molecule has 170 valence electrons. The van der Waals surface area contributed by atoms with Gasteiger partial charge in [-0.05, 0) is 54.7 Å². The largest absolute Gasteiger partial charge is 0.497 e. The molecule has 0 unspecified atom stereocenters. The van der Waals surface area contributed by atoms with E-state index in [9.17, 15) is 4.79 Å². The molecular formula is C25H25IN4O2S. The van der Waals surface area contributed by atoms with E-state index in [1.165, 1.54) is 14.7 Å². The van der Waals surface area contributed by atoms with E-state index in [4.69, 9.17) is 9.72 Å². The maximum absolute atomic E-state index is 12.7. The van der Waals surface area contributed by atoms with Gasteiger partial charge in [-0.1, -0.05) is 12.1 Å². The van der Waals surface area contributed by atoms with Crippen LogP contribution in [0.3, 0.4) is 0 Å². The molecule has 3 aromatic heterocycles. The molecule has 8 heteroatoms. The van der Waals surface area contributed by atoms with Gasteiger partial charge in [0.1, 0.15) is 17.1 Å². The molecule has 0 amide bonds. The number of hydrogen-bond acceptors (Lipinski definition) is 5. The van der Waals surface area contributed by atoms with Gasteiger partial charge in [-0.2, -0.15) is 0 Å². The van der Waals surface area contributed by atoms with Crippen molar-refractivity contribution < 1.29 is 4.74 Å². The number of nitrogens with zero attached hydrogens (tertiary/aromatic N) is 4. The Morgan fingerprint density at radius 3 is 2.48 bits per heavy atom. The van der Waals surface area contributed by atoms with Crippen molar-refractivity contribution >= 4 is 47.0 Å². The van der Waals surface area contributed by atoms with Crippen LogP contribution < -0.4 is 15.2 Å². The van der Waals surface area contributed by atoms with Gasteiger partial charge in [0.2, 0.25) is 0 Å². The predicted octanol–water partition coefficient (Wildman–Crippen LogP) is 5.64. The molecule has 33 heavy (non-hydrogen) atoms. The molecule has 1 aromatic carbocycles. The van der Waals surface area contributed by atoms with Crippen LogP contribution in [0.5, 0.6) is 5.75 Å². The average Bonchev–Trinajstić information content (AvgIpc) is 3.31. The molecule has 0 radical (unpaired) electrons. The molecule has 0 aliphatic carbocycles. The van der Waals surface area contributed by atoms with Crippen LogP contribution in [0.25, 0.3) is 22.0 Å². The van der Waals surface area contributed by atoms with Crippen LogP contribution in [0.15, 0.2) is 65.8 Å². The number of pyridine rings is 2. The van der Waals surface area contributed by atoms with Crippen LogP contribution >= 0.6 is 30.3 Å². The first-order chi connectivity index (χ1) is 16.1. The number of halogens is 1. The van der Waals surface area contributed by atoms with Crippen LogP contribution in [0.1, 0.15) is 24.3 Å². The summed E-state index contributed by atoms with van der Waals surface area (Å²) in [4.78, 5) is 19.8. The first-order valence-corrected chi connectivity index (χ1v) is 14.3. The van der Waals surface area contributed by atoms with Gasteiger partial charge in [0.15, 0.2) is 0 Å². The summed E-state index contributed by atoms with van der Waals surface area (Å²) in [7, 11) is 5.00. The molecule has 1 aliphatic rings. The monoisotopic (exact) mass is 572 g/mol. The number of anilines is 1. The molecule has 1 aliphatic heterocycles. The number of piperidine rings is 1. The number of fused-ring (bicyclic) bond motifs is 1. The Morgan fingerprint density at radius 2 is 1.85 bits per heavy atom. The third kappa shape index (κ3) is 4.26. The van der Waals surface area contributed by atoms with Crippen LogP contribution in [-0.2, 0) is 7.05 Å². The van der Waals surface area contributed by atoms with Gasteiger partial charge in [-0.3, -0.25) is 8.77 Å². The molecule has 1 fully saturated rings. The Hall–Kier alpha value is -2.46. The van der Waals surface area contributed by atoms with Gasteiger partial charge < -0.3 is 14.2 Å². The topological polar surface area (TPSA) is 52.3 Å². The van der Waals surface area contributed by atoms with Crippen molar-refractivity contribution in [1.82, 2.24) is 13.5 Å². The summed E-state index contributed by atoms with van der Waals surface area (Å²) in [6.45, 7) is 1.98. The standard InChI is InChI=1S/C25H25IN4O2S/c1-28-16-22(21-11-14-30(33-26)24(21)25(28)31)19-5-8-23(27-15-19)29-12-9-18(10-13-29)17-3-6-20(32-2)7-4-17/h3-8,11,14-16,18H,9-10,12-13H2,1-2H3. The van der Waals surface area contributed by atoms with Crippen molar-refractivity contribution in [3.63, 3.8) is 0 Å². The maximum atomic E-state index is 12.7. The van der Waals surface area contributed by atoms with E-state index in [0.29, 0.717) is 11.4 Å². The van der Waals surface area contributed by atoms with Crippen LogP contribution in [0.4, 0.5) is 5.82 Å². The van der Waals surface area contributed by atoms with Crippen molar-refractivity contribution in [2.75, 3.05) is 25.1 Å². The molecular weight excluding hydrogens is 547 g/mol. The molecule has 4 heterocycles. The number of hydrogen-bond donors (Lipinski definition) is 0. The Kier molecular flexibility index (Phi) is 6.38. The van der Waals surface area contributed by atoms with Crippen molar-refractivity contribution in [1.29, 1.82) is 0 Å². The van der Waals surface area contributed by atoms with Crippen molar-refractivity contribution in [2.45, 2.75) is 18.8 Å². The highest BCUT2D eigenvalue weighted by Crippen LogP contribution is 2.33. The smallest absolute Gasteiger partial charge is 0.275 e. The molecule has 0 N–H and O–H groups in total. The minimum absolute atomic E-state index is 0.00669. The van der Waals surface area contributed by atoms with E-state index in [1.54, 1.807) is 18.7 Å². The van der Waals surface area contributed by atoms with Crippen LogP contribution in [0.2, 0.25) is 0 Å². The lowest BCUT2D eigenvalue weighted by Gasteiger charge is -2.33. The first-order valence-electron chi connectivity index (χ1n) is 10.9. The molecule has 0 spiro atoms. The van der Waals surface area contributed by atoms with Gasteiger partial charge in [0.05, 0.1) is 7.11 Å². The van der Waals surface area contributed by atoms with Crippen molar-refractivity contribution in [3.8, 4) is 16.9 Å². The van der Waals surface area contributed by atoms with E-state index < -0.39 is 0 Å². The highest BCUT2D eigenvalue weighted by Gasteiger charge is 2.22. The normalized spacial score (nSPS) is 14.7. The van der Waals surface area contributed by atoms with Crippen molar-refractivity contribution in [3.05, 3.63) is 77.0 Å². The number of aryl methyl sites for hydroxylation is 1. The van der Waals surface area contributed by atoms with Crippen molar-refractivity contribution in [2.24, 2.45) is 7.05 Å². The summed E-state index contributed by atoms with van der Waals surface area (Å²) in [6.07, 6.45) is 8.00. The second-order valence-electron chi connectivity index (χ2n) is 8.37. The molecule has 0 saturated carbocycles. The van der Waals surface area contributed by atoms with E-state index in [1.807, 2.05) is 40.8 Å². The fourth-order valence-electron chi connectivity index (χ4n) is 4.67. The summed E-state index contributed by atoms with van der Waals surface area (Å²) >= 11 is 2.20. The van der Waals surface area contributed by atoms with Gasteiger partial charge in [0, 0.05) is 85.6 Å². The second-order valence-corrected chi connectivity index (χ2v) is 10.1. The summed E-state index contributed by atoms with van der Waals surface area (Å²) in [5, 5.41) is 0.956. The Morgan fingerprint density at radius 1 is 1.09 bits per heavy atom. The van der Waals surface area contributed by atoms with Gasteiger partial charge in [0.25, 0.3) is 5.56 Å². The summed E-state index contributed by atoms with van der Waals surface area (Å²) in [5.41, 5.74) is 4.14. The molecule has 5 rings (SSSR count). The number of methoxy groups -OCH3 is 1. The number of ether oxygens (including phenoxy) is 1. The Balaban J connectivity index is 1.34. The summed E-state index contributed by atoms with van der Waals surface area (Å²) < 4.78 is 8.84. The molecule has 0 bridgehead atoms. The minimum Gasteiger partial charge on any atom is -0.497 e. The maximum Gasteiger partial charge on any atom is 0.275 e. The molecule has 4 aromatic rings. The molecule has 0 atom stereocenters. The Labute approximate surface area is 209 Å². The van der Waals surface area contributed by atoms with E-state index in [2.05, 4.69) is 50.4 Å². The minimum atomic E-state index is 0.00669. The summed E-state index contributed by atoms with van der Waals surface area (Å²) in [6, 6.07) is 14.7. The zero-order chi connectivity index (χ0) is 22.9. The van der Waals surface area contributed by atoms with Crippen LogP contribution in [0, 0.1) is 0 Å². The van der Waals surface area contributed by atoms with Gasteiger partial charge >= 0.3 is 0 Å². The predicted molar refractivity (Wildman–Crippen MR) is 145 cm³/mol. The van der Waals surface area contributed by atoms with Gasteiger partial charge in [-0.25, -0.2) is 4.98 Å². The number of aromatic nitrogens is 3. The number of rotatable bonds is 5. The quantitative estimate of drug-likeness (QED) is 0.290. The lowest BCUT2D eigenvalue weighted by atomic mass is 9.89. The SMILES string of the molecule is COc1ccc(C2CCN(c3ccc(-c4cn(C)c(=O)c5c4ccn5SI)cn3)CC2)cc1. The lowest BCUT2D eigenvalue weighted by Crippen LogP contribution is -2.33. The molecule has 1 saturated heterocycles. The second kappa shape index (κ2) is 9.42. The third-order valence-corrected chi connectivity index (χ3v) is 8.25. The third-order valence-electron chi connectivity index (χ3n) is 6.53. The highest BCUT2D eigenvalue weighted by molar-refractivity contribution is 14.2. The van der Waals surface area contributed by atoms with E-state index in [-0.39, 0.29) is 5.56 Å². The summed E-state index contributed by atoms with van der Waals surface area (Å²) in [5.74, 6) is 2.49. The zero-order valence-corrected chi connectivity index (χ0v) is 21.5. The zero-order valence-electron chi connectivity index (χ0n) is 18.6.